The predicted molar refractivity (Wildman–Crippen MR) is 136 cm³/mol. The Morgan fingerprint density at radius 2 is 0.742 bits per heavy atom. The minimum absolute atomic E-state index is 0.893. The monoisotopic (exact) mass is 548 g/mol. The minimum atomic E-state index is -0.893. The first-order valence-electron chi connectivity index (χ1n) is 13.3. The third-order valence-corrected chi connectivity index (χ3v) is 10.3. The molecule has 1 heteroatoms. The van der Waals surface area contributed by atoms with Crippen molar-refractivity contribution >= 4 is 2.43 Å². The fourth-order valence-electron chi connectivity index (χ4n) is 4.25. The number of unbranched alkanes of at least 4 members (excludes halogenated alkanes) is 12. The fraction of sp³-hybridized carbons (Fsp3) is 0.600. The molecule has 2 rings (SSSR count). The third-order valence-electron chi connectivity index (χ3n) is 6.33. The van der Waals surface area contributed by atoms with E-state index >= 15 is 0 Å². The van der Waals surface area contributed by atoms with Gasteiger partial charge in [-0.3, -0.25) is 0 Å². The van der Waals surface area contributed by atoms with Gasteiger partial charge in [0.05, 0.1) is 0 Å². The molecular weight excluding hydrogens is 505 g/mol. The van der Waals surface area contributed by atoms with Crippen molar-refractivity contribution in [3.63, 3.8) is 0 Å². The number of benzene rings is 2. The van der Waals surface area contributed by atoms with Gasteiger partial charge >= 0.3 is 202 Å². The van der Waals surface area contributed by atoms with Crippen molar-refractivity contribution in [3.8, 4) is 0 Å². The molecule has 2 aromatic carbocycles. The van der Waals surface area contributed by atoms with Gasteiger partial charge in [-0.25, -0.2) is 0 Å². The summed E-state index contributed by atoms with van der Waals surface area (Å²) >= 11 is -0.893. The van der Waals surface area contributed by atoms with Crippen LogP contribution in [0, 0.1) is 36.7 Å². The summed E-state index contributed by atoms with van der Waals surface area (Å²) in [6.45, 7) is 4.58. The van der Waals surface area contributed by atoms with E-state index in [2.05, 4.69) is 62.4 Å². The first-order chi connectivity index (χ1) is 15.3. The molecule has 0 aromatic heterocycles. The summed E-state index contributed by atoms with van der Waals surface area (Å²) in [5.41, 5.74) is 3.07. The van der Waals surface area contributed by atoms with Crippen molar-refractivity contribution in [1.29, 1.82) is 0 Å². The van der Waals surface area contributed by atoms with Crippen LogP contribution >= 0.6 is 0 Å². The van der Waals surface area contributed by atoms with Gasteiger partial charge in [0.1, 0.15) is 0 Å². The Bertz CT molecular complexity index is 596. The Hall–Kier alpha value is -0.209. The van der Waals surface area contributed by atoms with Crippen LogP contribution in [0.1, 0.15) is 115 Å². The zero-order valence-electron chi connectivity index (χ0n) is 20.4. The van der Waals surface area contributed by atoms with Crippen molar-refractivity contribution in [2.75, 3.05) is 0 Å². The molecule has 170 valence electrons. The van der Waals surface area contributed by atoms with Crippen LogP contribution in [0.5, 0.6) is 0 Å². The Morgan fingerprint density at radius 1 is 0.419 bits per heavy atom. The van der Waals surface area contributed by atoms with Crippen LogP contribution in [0.15, 0.2) is 48.5 Å². The molecule has 0 saturated carbocycles. The molecule has 0 atom stereocenters. The Morgan fingerprint density at radius 3 is 1.10 bits per heavy atom. The second-order valence-electron chi connectivity index (χ2n) is 9.26. The molecule has 0 saturated heterocycles. The average Bonchev–Trinajstić information content (AvgIpc) is 2.80. The second kappa shape index (κ2) is 18.2. The zero-order valence-corrected chi connectivity index (χ0v) is 23.6. The fourth-order valence-corrected chi connectivity index (χ4v) is 7.46. The number of hydrogen-bond acceptors (Lipinski definition) is 0. The molecule has 0 aliphatic heterocycles. The van der Waals surface area contributed by atoms with E-state index in [4.69, 9.17) is 0 Å². The molecule has 0 spiro atoms. The Kier molecular flexibility index (Phi) is 15.9. The predicted octanol–water partition coefficient (Wildman–Crippen LogP) is 8.31. The van der Waals surface area contributed by atoms with Crippen LogP contribution in [-0.2, 0) is 12.8 Å². The maximum absolute atomic E-state index is 2.42. The molecular formula is C30H46Nd. The molecule has 0 heterocycles. The molecule has 31 heavy (non-hydrogen) atoms. The van der Waals surface area contributed by atoms with Gasteiger partial charge in [-0.1, -0.05) is 13.8 Å². The summed E-state index contributed by atoms with van der Waals surface area (Å²) in [4.78, 5) is 0. The van der Waals surface area contributed by atoms with Crippen LogP contribution in [0.3, 0.4) is 0 Å². The molecule has 0 nitrogen and oxygen atoms in total. The van der Waals surface area contributed by atoms with Crippen LogP contribution in [-0.4, -0.2) is 0 Å². The summed E-state index contributed by atoms with van der Waals surface area (Å²) in [5, 5.41) is 0. The van der Waals surface area contributed by atoms with E-state index in [1.54, 1.807) is 2.43 Å². The third kappa shape index (κ3) is 13.2. The summed E-state index contributed by atoms with van der Waals surface area (Å²) in [6, 6.07) is 19.3. The molecule has 0 amide bonds. The second-order valence-corrected chi connectivity index (χ2v) is 13.8. The summed E-state index contributed by atoms with van der Waals surface area (Å²) < 4.78 is 3.26. The van der Waals surface area contributed by atoms with E-state index in [-0.39, 0.29) is 0 Å². The van der Waals surface area contributed by atoms with E-state index in [9.17, 15) is 0 Å². The van der Waals surface area contributed by atoms with Gasteiger partial charge in [0.2, 0.25) is 0 Å². The molecule has 2 aromatic rings. The van der Waals surface area contributed by atoms with Gasteiger partial charge < -0.3 is 0 Å². The Balaban J connectivity index is 1.61. The summed E-state index contributed by atoms with van der Waals surface area (Å²) in [6.07, 6.45) is 22.1. The molecule has 0 N–H and O–H groups in total. The average molecular weight is 551 g/mol. The van der Waals surface area contributed by atoms with E-state index < -0.39 is 36.7 Å². The maximum atomic E-state index is 2.42. The standard InChI is InChI=1S/2C15H23.Nd/c2*1-2-3-4-5-6-7-9-12-15-13-10-8-11-14-15;/h2*10-11,13-14H,2-7,9,12H2,1H3;. The van der Waals surface area contributed by atoms with Crippen LogP contribution in [0.4, 0.5) is 0 Å². The normalized spacial score (nSPS) is 11.0. The van der Waals surface area contributed by atoms with Gasteiger partial charge in [-0.05, 0) is 0 Å². The van der Waals surface area contributed by atoms with E-state index in [1.807, 2.05) is 0 Å². The zero-order chi connectivity index (χ0) is 22.0. The van der Waals surface area contributed by atoms with Gasteiger partial charge in [0, 0.05) is 0 Å². The van der Waals surface area contributed by atoms with Gasteiger partial charge in [0.15, 0.2) is 0 Å². The SMILES string of the molecule is CCCCCCCCCc1cc[c]([Nd][c]2ccc(CCCCCCCCC)cc2)cc1. The molecule has 0 unspecified atom stereocenters. The molecule has 0 bridgehead atoms. The van der Waals surface area contributed by atoms with Crippen molar-refractivity contribution < 1.29 is 36.7 Å². The van der Waals surface area contributed by atoms with Gasteiger partial charge in [-0.2, -0.15) is 0 Å². The van der Waals surface area contributed by atoms with Gasteiger partial charge in [-0.15, -0.1) is 0 Å². The number of aryl methyl sites for hydroxylation is 2. The van der Waals surface area contributed by atoms with Crippen LogP contribution in [0.2, 0.25) is 0 Å². The van der Waals surface area contributed by atoms with Crippen LogP contribution < -0.4 is 2.43 Å². The van der Waals surface area contributed by atoms with E-state index in [0.29, 0.717) is 0 Å². The quantitative estimate of drug-likeness (QED) is 0.164. The van der Waals surface area contributed by atoms with Gasteiger partial charge in [0.25, 0.3) is 0 Å². The first-order valence-corrected chi connectivity index (χ1v) is 16.5. The Labute approximate surface area is 213 Å². The van der Waals surface area contributed by atoms with E-state index in [1.165, 1.54) is 114 Å². The molecule has 0 radical (unpaired) electrons. The number of rotatable bonds is 18. The van der Waals surface area contributed by atoms with Crippen LogP contribution in [0.25, 0.3) is 0 Å². The molecule has 0 fully saturated rings. The summed E-state index contributed by atoms with van der Waals surface area (Å²) in [7, 11) is 0. The molecule has 0 aliphatic carbocycles. The molecule has 0 aliphatic rings. The van der Waals surface area contributed by atoms with Crippen molar-refractivity contribution in [1.82, 2.24) is 0 Å². The first kappa shape index (κ1) is 27.0. The topological polar surface area (TPSA) is 0 Å². The van der Waals surface area contributed by atoms with E-state index in [0.717, 1.165) is 0 Å². The number of hydrogen-bond donors (Lipinski definition) is 0. The van der Waals surface area contributed by atoms with Crippen molar-refractivity contribution in [2.45, 2.75) is 117 Å². The summed E-state index contributed by atoms with van der Waals surface area (Å²) in [5.74, 6) is 0. The van der Waals surface area contributed by atoms with Crippen molar-refractivity contribution in [2.24, 2.45) is 0 Å². The van der Waals surface area contributed by atoms with Crippen molar-refractivity contribution in [3.05, 3.63) is 59.7 Å².